The minimum Gasteiger partial charge on any atom is -0.478 e. The smallest absolute Gasteiger partial charge is 0.335 e. The van der Waals surface area contributed by atoms with Gasteiger partial charge in [0, 0.05) is 12.6 Å². The minimum absolute atomic E-state index is 0.0106. The van der Waals surface area contributed by atoms with Crippen LogP contribution in [0.1, 0.15) is 36.6 Å². The second kappa shape index (κ2) is 7.27. The number of amides is 3. The van der Waals surface area contributed by atoms with Gasteiger partial charge in [-0.25, -0.2) is 4.79 Å². The summed E-state index contributed by atoms with van der Waals surface area (Å²) < 4.78 is 0. The number of nitro benzene ring substituents is 1. The van der Waals surface area contributed by atoms with E-state index in [2.05, 4.69) is 5.32 Å². The summed E-state index contributed by atoms with van der Waals surface area (Å²) in [7, 11) is 0. The maximum atomic E-state index is 12.4. The van der Waals surface area contributed by atoms with E-state index in [0.29, 0.717) is 10.5 Å². The van der Waals surface area contributed by atoms with E-state index in [1.807, 2.05) is 0 Å². The molecular weight excluding hydrogens is 370 g/mol. The largest absolute Gasteiger partial charge is 0.478 e. The summed E-state index contributed by atoms with van der Waals surface area (Å²) in [4.78, 5) is 58.8. The molecule has 1 heterocycles. The van der Waals surface area contributed by atoms with Gasteiger partial charge in [0.05, 0.1) is 16.1 Å². The predicted molar refractivity (Wildman–Crippen MR) is 93.7 cm³/mol. The summed E-state index contributed by atoms with van der Waals surface area (Å²) in [6.45, 7) is -0.620. The number of rotatable bonds is 6. The zero-order chi connectivity index (χ0) is 20.4. The molecule has 0 fully saturated rings. The molecule has 2 aromatic rings. The lowest BCUT2D eigenvalue weighted by atomic mass is 10.1. The fraction of sp³-hybridized carbons (Fsp3) is 0.111. The molecule has 28 heavy (non-hydrogen) atoms. The number of carboxylic acids is 1. The average molecular weight is 383 g/mol. The van der Waals surface area contributed by atoms with Crippen molar-refractivity contribution in [1.82, 2.24) is 10.2 Å². The molecule has 1 aliphatic heterocycles. The first-order chi connectivity index (χ1) is 13.3. The highest BCUT2D eigenvalue weighted by Crippen LogP contribution is 2.30. The topological polar surface area (TPSA) is 147 Å². The van der Waals surface area contributed by atoms with Crippen LogP contribution in [-0.4, -0.2) is 45.2 Å². The summed E-state index contributed by atoms with van der Waals surface area (Å²) in [6.07, 6.45) is 0. The maximum Gasteiger partial charge on any atom is 0.335 e. The van der Waals surface area contributed by atoms with Gasteiger partial charge in [-0.15, -0.1) is 0 Å². The maximum absolute atomic E-state index is 12.4. The lowest BCUT2D eigenvalue weighted by Crippen LogP contribution is -2.40. The highest BCUT2D eigenvalue weighted by atomic mass is 16.6. The standard InChI is InChI=1S/C18H13N3O7/c22-14(19-8-10-3-1-4-11(7-10)18(25)26)9-20-16(23)12-5-2-6-13(21(27)28)15(12)17(20)24/h1-7H,8-9H2,(H,19,22)(H,25,26). The van der Waals surface area contributed by atoms with Gasteiger partial charge in [-0.3, -0.25) is 29.4 Å². The lowest BCUT2D eigenvalue weighted by molar-refractivity contribution is -0.385. The number of fused-ring (bicyclic) bond motifs is 1. The number of hydrogen-bond donors (Lipinski definition) is 2. The van der Waals surface area contributed by atoms with Gasteiger partial charge in [0.1, 0.15) is 12.1 Å². The highest BCUT2D eigenvalue weighted by Gasteiger charge is 2.41. The normalized spacial score (nSPS) is 12.6. The number of nitrogens with zero attached hydrogens (tertiary/aromatic N) is 2. The van der Waals surface area contributed by atoms with Crippen LogP contribution in [0.3, 0.4) is 0 Å². The van der Waals surface area contributed by atoms with E-state index in [1.54, 1.807) is 6.07 Å². The minimum atomic E-state index is -1.11. The third-order valence-electron chi connectivity index (χ3n) is 4.14. The number of nitro groups is 1. The van der Waals surface area contributed by atoms with Crippen molar-refractivity contribution in [2.75, 3.05) is 6.54 Å². The molecule has 1 aliphatic rings. The van der Waals surface area contributed by atoms with Crippen LogP contribution in [0, 0.1) is 10.1 Å². The summed E-state index contributed by atoms with van der Waals surface area (Å²) in [6, 6.07) is 9.61. The third kappa shape index (κ3) is 3.43. The number of carbonyl (C=O) groups is 4. The van der Waals surface area contributed by atoms with Crippen LogP contribution in [0.2, 0.25) is 0 Å². The van der Waals surface area contributed by atoms with Crippen LogP contribution in [0.5, 0.6) is 0 Å². The van der Waals surface area contributed by atoms with Gasteiger partial charge < -0.3 is 10.4 Å². The summed E-state index contributed by atoms with van der Waals surface area (Å²) in [5.41, 5.74) is -0.379. The van der Waals surface area contributed by atoms with E-state index < -0.39 is 40.8 Å². The van der Waals surface area contributed by atoms with Gasteiger partial charge in [-0.2, -0.15) is 0 Å². The average Bonchev–Trinajstić information content (AvgIpc) is 2.91. The SMILES string of the molecule is O=C(CN1C(=O)c2cccc([N+](=O)[O-])c2C1=O)NCc1cccc(C(=O)O)c1. The van der Waals surface area contributed by atoms with Gasteiger partial charge in [-0.1, -0.05) is 18.2 Å². The first-order valence-electron chi connectivity index (χ1n) is 8.02. The van der Waals surface area contributed by atoms with Crippen molar-refractivity contribution in [2.45, 2.75) is 6.54 Å². The lowest BCUT2D eigenvalue weighted by Gasteiger charge is -2.13. The molecule has 0 spiro atoms. The van der Waals surface area contributed by atoms with Crippen molar-refractivity contribution in [1.29, 1.82) is 0 Å². The van der Waals surface area contributed by atoms with Crippen molar-refractivity contribution in [3.63, 3.8) is 0 Å². The second-order valence-corrected chi connectivity index (χ2v) is 5.94. The molecule has 2 N–H and O–H groups in total. The Kier molecular flexibility index (Phi) is 4.86. The van der Waals surface area contributed by atoms with Gasteiger partial charge in [0.25, 0.3) is 17.5 Å². The van der Waals surface area contributed by atoms with Gasteiger partial charge in [-0.05, 0) is 23.8 Å². The molecule has 0 aromatic heterocycles. The predicted octanol–water partition coefficient (Wildman–Crippen LogP) is 1.21. The van der Waals surface area contributed by atoms with E-state index >= 15 is 0 Å². The number of imide groups is 1. The molecule has 0 saturated carbocycles. The molecule has 0 radical (unpaired) electrons. The molecule has 0 aliphatic carbocycles. The second-order valence-electron chi connectivity index (χ2n) is 5.94. The van der Waals surface area contributed by atoms with E-state index in [4.69, 9.17) is 5.11 Å². The third-order valence-corrected chi connectivity index (χ3v) is 4.14. The quantitative estimate of drug-likeness (QED) is 0.433. The molecule has 10 nitrogen and oxygen atoms in total. The van der Waals surface area contributed by atoms with Crippen molar-refractivity contribution >= 4 is 29.4 Å². The van der Waals surface area contributed by atoms with Gasteiger partial charge in [0.2, 0.25) is 5.91 Å². The number of hydrogen-bond acceptors (Lipinski definition) is 6. The fourth-order valence-electron chi connectivity index (χ4n) is 2.83. The number of benzene rings is 2. The number of carboxylic acid groups (broad SMARTS) is 1. The Hall–Kier alpha value is -4.08. The molecule has 2 aromatic carbocycles. The van der Waals surface area contributed by atoms with Crippen LogP contribution in [0.25, 0.3) is 0 Å². The van der Waals surface area contributed by atoms with Crippen LogP contribution in [0.15, 0.2) is 42.5 Å². The van der Waals surface area contributed by atoms with Crippen molar-refractivity contribution in [3.8, 4) is 0 Å². The first kappa shape index (κ1) is 18.7. The molecule has 0 atom stereocenters. The Morgan fingerprint density at radius 3 is 2.50 bits per heavy atom. The Morgan fingerprint density at radius 1 is 1.11 bits per heavy atom. The molecule has 0 unspecified atom stereocenters. The Bertz CT molecular complexity index is 1030. The van der Waals surface area contributed by atoms with Crippen molar-refractivity contribution in [2.24, 2.45) is 0 Å². The van der Waals surface area contributed by atoms with Crippen molar-refractivity contribution < 1.29 is 29.2 Å². The zero-order valence-electron chi connectivity index (χ0n) is 14.2. The van der Waals surface area contributed by atoms with Gasteiger partial charge >= 0.3 is 5.97 Å². The Labute approximate surface area is 157 Å². The summed E-state index contributed by atoms with van der Waals surface area (Å²) in [5, 5.41) is 22.5. The number of carbonyl (C=O) groups excluding carboxylic acids is 3. The van der Waals surface area contributed by atoms with Gasteiger partial charge in [0.15, 0.2) is 0 Å². The monoisotopic (exact) mass is 383 g/mol. The van der Waals surface area contributed by atoms with E-state index in [9.17, 15) is 29.3 Å². The van der Waals surface area contributed by atoms with E-state index in [1.165, 1.54) is 30.3 Å². The molecule has 10 heteroatoms. The van der Waals surface area contributed by atoms with E-state index in [-0.39, 0.29) is 23.2 Å². The molecular formula is C18H13N3O7. The molecule has 0 bridgehead atoms. The first-order valence-corrected chi connectivity index (χ1v) is 8.02. The highest BCUT2D eigenvalue weighted by molar-refractivity contribution is 6.24. The molecule has 0 saturated heterocycles. The van der Waals surface area contributed by atoms with Crippen LogP contribution >= 0.6 is 0 Å². The van der Waals surface area contributed by atoms with Crippen molar-refractivity contribution in [3.05, 3.63) is 74.8 Å². The molecule has 3 amide bonds. The molecule has 142 valence electrons. The summed E-state index contributed by atoms with van der Waals surface area (Å²) in [5.74, 6) is -3.47. The Balaban J connectivity index is 1.70. The van der Waals surface area contributed by atoms with Crippen LogP contribution in [0.4, 0.5) is 5.69 Å². The fourth-order valence-corrected chi connectivity index (χ4v) is 2.83. The van der Waals surface area contributed by atoms with E-state index in [0.717, 1.165) is 6.07 Å². The Morgan fingerprint density at radius 2 is 1.82 bits per heavy atom. The zero-order valence-corrected chi connectivity index (χ0v) is 14.2. The summed E-state index contributed by atoms with van der Waals surface area (Å²) >= 11 is 0. The molecule has 3 rings (SSSR count). The number of nitrogens with one attached hydrogen (secondary N) is 1. The van der Waals surface area contributed by atoms with Crippen LogP contribution < -0.4 is 5.32 Å². The number of aromatic carboxylic acids is 1. The van der Waals surface area contributed by atoms with Crippen LogP contribution in [-0.2, 0) is 11.3 Å².